The van der Waals surface area contributed by atoms with Crippen LogP contribution in [0.2, 0.25) is 0 Å². The molecule has 6 nitrogen and oxygen atoms in total. The van der Waals surface area contributed by atoms with Crippen molar-refractivity contribution in [2.75, 3.05) is 17.9 Å². The van der Waals surface area contributed by atoms with Crippen LogP contribution in [0.4, 0.5) is 10.1 Å². The van der Waals surface area contributed by atoms with E-state index in [-0.39, 0.29) is 11.8 Å². The second kappa shape index (κ2) is 6.67. The zero-order valence-electron chi connectivity index (χ0n) is 12.5. The number of sulfonamides is 1. The average molecular weight is 339 g/mol. The lowest BCUT2D eigenvalue weighted by atomic mass is 10.1. The number of hydrogen-bond donors (Lipinski definition) is 1. The largest absolute Gasteiger partial charge is 0.381 e. The highest BCUT2D eigenvalue weighted by molar-refractivity contribution is 7.91. The maximum absolute atomic E-state index is 12.9. The maximum atomic E-state index is 12.9. The first kappa shape index (κ1) is 15.9. The molecule has 0 amide bonds. The number of hydrogen-bond acceptors (Lipinski definition) is 4. The fourth-order valence-electron chi connectivity index (χ4n) is 2.56. The lowest BCUT2D eigenvalue weighted by Crippen LogP contribution is -2.20. The summed E-state index contributed by atoms with van der Waals surface area (Å²) >= 11 is 0. The molecule has 8 heteroatoms. The minimum absolute atomic E-state index is 0.213. The summed E-state index contributed by atoms with van der Waals surface area (Å²) in [4.78, 5) is 0. The van der Waals surface area contributed by atoms with Crippen LogP contribution in [0.25, 0.3) is 0 Å². The molecule has 1 N–H and O–H groups in total. The highest BCUT2D eigenvalue weighted by Gasteiger charge is 2.18. The Bertz CT molecular complexity index is 753. The Morgan fingerprint density at radius 2 is 1.96 bits per heavy atom. The van der Waals surface area contributed by atoms with Gasteiger partial charge >= 0.3 is 0 Å². The fraction of sp³-hybridized carbons (Fsp3) is 0.400. The summed E-state index contributed by atoms with van der Waals surface area (Å²) in [6.07, 6.45) is 4.92. The lowest BCUT2D eigenvalue weighted by molar-refractivity contribution is 0.0662. The molecule has 0 bridgehead atoms. The van der Waals surface area contributed by atoms with Crippen LogP contribution in [0, 0.1) is 5.82 Å². The Morgan fingerprint density at radius 3 is 2.65 bits per heavy atom. The third kappa shape index (κ3) is 4.29. The topological polar surface area (TPSA) is 73.2 Å². The first-order valence-electron chi connectivity index (χ1n) is 7.39. The van der Waals surface area contributed by atoms with Crippen LogP contribution in [0.5, 0.6) is 0 Å². The van der Waals surface area contributed by atoms with E-state index in [9.17, 15) is 12.8 Å². The molecule has 2 aromatic rings. The number of aromatic nitrogens is 2. The second-order valence-electron chi connectivity index (χ2n) is 5.54. The number of anilines is 1. The Kier molecular flexibility index (Phi) is 4.63. The van der Waals surface area contributed by atoms with Gasteiger partial charge in [0.25, 0.3) is 0 Å². The van der Waals surface area contributed by atoms with Crippen LogP contribution in [-0.2, 0) is 20.5 Å². The minimum Gasteiger partial charge on any atom is -0.381 e. The summed E-state index contributed by atoms with van der Waals surface area (Å²) in [5.41, 5.74) is 0.953. The number of halogens is 1. The van der Waals surface area contributed by atoms with E-state index in [1.165, 1.54) is 30.5 Å². The van der Waals surface area contributed by atoms with E-state index >= 15 is 0 Å². The van der Waals surface area contributed by atoms with Crippen molar-refractivity contribution in [3.05, 3.63) is 48.0 Å². The van der Waals surface area contributed by atoms with Crippen LogP contribution in [0.15, 0.2) is 36.7 Å². The van der Waals surface area contributed by atoms with Crippen molar-refractivity contribution in [3.8, 4) is 0 Å². The van der Waals surface area contributed by atoms with Gasteiger partial charge in [-0.25, -0.2) is 12.8 Å². The van der Waals surface area contributed by atoms with Crippen molar-refractivity contribution in [3.63, 3.8) is 0 Å². The number of nitrogens with zero attached hydrogens (tertiary/aromatic N) is 2. The molecule has 0 unspecified atom stereocenters. The first-order chi connectivity index (χ1) is 11.0. The molecule has 0 aliphatic carbocycles. The molecule has 124 valence electrons. The van der Waals surface area contributed by atoms with Crippen LogP contribution in [0.1, 0.15) is 24.4 Å². The predicted molar refractivity (Wildman–Crippen MR) is 84.0 cm³/mol. The first-order valence-corrected chi connectivity index (χ1v) is 9.04. The van der Waals surface area contributed by atoms with Gasteiger partial charge in [0.1, 0.15) is 5.82 Å². The zero-order chi connectivity index (χ0) is 16.3. The highest BCUT2D eigenvalue weighted by Crippen LogP contribution is 2.22. The van der Waals surface area contributed by atoms with Gasteiger partial charge in [0, 0.05) is 19.4 Å². The van der Waals surface area contributed by atoms with Crippen LogP contribution in [-0.4, -0.2) is 31.4 Å². The maximum Gasteiger partial charge on any atom is 0.237 e. The van der Waals surface area contributed by atoms with E-state index < -0.39 is 15.8 Å². The molecule has 3 rings (SSSR count). The van der Waals surface area contributed by atoms with Gasteiger partial charge in [0.15, 0.2) is 0 Å². The molecule has 23 heavy (non-hydrogen) atoms. The summed E-state index contributed by atoms with van der Waals surface area (Å²) in [6, 6.07) is 5.64. The quantitative estimate of drug-likeness (QED) is 0.907. The third-order valence-corrected chi connectivity index (χ3v) is 4.97. The molecule has 1 aliphatic heterocycles. The van der Waals surface area contributed by atoms with Crippen molar-refractivity contribution in [2.45, 2.75) is 24.6 Å². The zero-order valence-corrected chi connectivity index (χ0v) is 13.3. The molecular formula is C15H18FN3O3S. The molecule has 0 atom stereocenters. The monoisotopic (exact) mass is 339 g/mol. The smallest absolute Gasteiger partial charge is 0.237 e. The van der Waals surface area contributed by atoms with E-state index in [0.29, 0.717) is 24.5 Å². The van der Waals surface area contributed by atoms with Gasteiger partial charge in [0.2, 0.25) is 10.0 Å². The molecule has 1 aromatic carbocycles. The second-order valence-corrected chi connectivity index (χ2v) is 7.26. The highest BCUT2D eigenvalue weighted by atomic mass is 32.2. The molecule has 1 saturated heterocycles. The van der Waals surface area contributed by atoms with Crippen LogP contribution in [0.3, 0.4) is 0 Å². The van der Waals surface area contributed by atoms with Gasteiger partial charge in [-0.3, -0.25) is 9.40 Å². The Hall–Kier alpha value is -1.93. The standard InChI is InChI=1S/C15H18FN3O3S/c16-13-3-1-12(2-4-13)11-23(20,21)18-14-9-17-19(10-14)15-5-7-22-8-6-15/h1-4,9-10,15,18H,5-8,11H2. The van der Waals surface area contributed by atoms with E-state index in [4.69, 9.17) is 4.74 Å². The van der Waals surface area contributed by atoms with Crippen LogP contribution < -0.4 is 4.72 Å². The lowest BCUT2D eigenvalue weighted by Gasteiger charge is -2.22. The Morgan fingerprint density at radius 1 is 1.26 bits per heavy atom. The molecule has 0 saturated carbocycles. The summed E-state index contributed by atoms with van der Waals surface area (Å²) in [5, 5.41) is 4.23. The summed E-state index contributed by atoms with van der Waals surface area (Å²) < 4.78 is 46.8. The van der Waals surface area contributed by atoms with Gasteiger partial charge in [-0.05, 0) is 30.5 Å². The van der Waals surface area contributed by atoms with Crippen molar-refractivity contribution >= 4 is 15.7 Å². The number of rotatable bonds is 5. The van der Waals surface area contributed by atoms with Crippen molar-refractivity contribution < 1.29 is 17.5 Å². The molecule has 1 aromatic heterocycles. The van der Waals surface area contributed by atoms with Gasteiger partial charge in [-0.1, -0.05) is 12.1 Å². The van der Waals surface area contributed by atoms with Gasteiger partial charge in [-0.2, -0.15) is 5.10 Å². The van der Waals surface area contributed by atoms with E-state index in [0.717, 1.165) is 12.8 Å². The van der Waals surface area contributed by atoms with Crippen molar-refractivity contribution in [1.82, 2.24) is 9.78 Å². The average Bonchev–Trinajstić information content (AvgIpc) is 2.98. The SMILES string of the molecule is O=S(=O)(Cc1ccc(F)cc1)Nc1cnn(C2CCOCC2)c1. The fourth-order valence-corrected chi connectivity index (χ4v) is 3.72. The Labute approximate surface area is 134 Å². The van der Waals surface area contributed by atoms with Gasteiger partial charge < -0.3 is 4.74 Å². The third-order valence-electron chi connectivity index (χ3n) is 3.71. The minimum atomic E-state index is -3.57. The summed E-state index contributed by atoms with van der Waals surface area (Å²) in [7, 11) is -3.57. The normalized spacial score (nSPS) is 16.4. The molecule has 0 spiro atoms. The predicted octanol–water partition coefficient (Wildman–Crippen LogP) is 2.32. The Balaban J connectivity index is 1.65. The molecule has 0 radical (unpaired) electrons. The summed E-state index contributed by atoms with van der Waals surface area (Å²) in [6.45, 7) is 1.38. The van der Waals surface area contributed by atoms with Crippen LogP contribution >= 0.6 is 0 Å². The van der Waals surface area contributed by atoms with E-state index in [2.05, 4.69) is 9.82 Å². The molecule has 2 heterocycles. The van der Waals surface area contributed by atoms with E-state index in [1.54, 1.807) is 10.9 Å². The van der Waals surface area contributed by atoms with Gasteiger partial charge in [-0.15, -0.1) is 0 Å². The van der Waals surface area contributed by atoms with Gasteiger partial charge in [0.05, 0.1) is 23.7 Å². The molecule has 1 aliphatic rings. The molecular weight excluding hydrogens is 321 g/mol. The number of benzene rings is 1. The van der Waals surface area contributed by atoms with E-state index in [1.807, 2.05) is 0 Å². The number of nitrogens with one attached hydrogen (secondary N) is 1. The number of ether oxygens (including phenoxy) is 1. The van der Waals surface area contributed by atoms with Crippen molar-refractivity contribution in [2.24, 2.45) is 0 Å². The molecule has 1 fully saturated rings. The summed E-state index contributed by atoms with van der Waals surface area (Å²) in [5.74, 6) is -0.604. The van der Waals surface area contributed by atoms with Crippen molar-refractivity contribution in [1.29, 1.82) is 0 Å².